The van der Waals surface area contributed by atoms with Gasteiger partial charge in [-0.05, 0) is 44.8 Å². The fraction of sp³-hybridized carbons (Fsp3) is 0.389. The third-order valence-corrected chi connectivity index (χ3v) is 4.82. The van der Waals surface area contributed by atoms with Crippen molar-refractivity contribution in [2.45, 2.75) is 45.1 Å². The smallest absolute Gasteiger partial charge is 0.399 e. The first-order chi connectivity index (χ1) is 11.5. The summed E-state index contributed by atoms with van der Waals surface area (Å²) in [6.45, 7) is 7.93. The van der Waals surface area contributed by atoms with Gasteiger partial charge in [-0.15, -0.1) is 0 Å². The summed E-state index contributed by atoms with van der Waals surface area (Å²) in [6.07, 6.45) is -3.20. The van der Waals surface area contributed by atoms with Gasteiger partial charge in [0.1, 0.15) is 5.69 Å². The van der Waals surface area contributed by atoms with E-state index < -0.39 is 30.2 Å². The van der Waals surface area contributed by atoms with Crippen molar-refractivity contribution >= 4 is 12.6 Å². The van der Waals surface area contributed by atoms with Crippen LogP contribution < -0.4 is 5.46 Å². The molecule has 2 heterocycles. The number of alkyl halides is 3. The molecule has 3 nitrogen and oxygen atoms in total. The predicted molar refractivity (Wildman–Crippen MR) is 90.4 cm³/mol. The minimum absolute atomic E-state index is 0.423. The van der Waals surface area contributed by atoms with E-state index in [0.29, 0.717) is 5.56 Å². The Morgan fingerprint density at radius 2 is 1.36 bits per heavy atom. The van der Waals surface area contributed by atoms with Gasteiger partial charge in [0.15, 0.2) is 0 Å². The highest BCUT2D eigenvalue weighted by Gasteiger charge is 2.51. The highest BCUT2D eigenvalue weighted by Crippen LogP contribution is 2.36. The molecular formula is C18H19BF3NO2. The lowest BCUT2D eigenvalue weighted by Crippen LogP contribution is -2.41. The van der Waals surface area contributed by atoms with Crippen LogP contribution in [0.2, 0.25) is 0 Å². The zero-order valence-corrected chi connectivity index (χ0v) is 14.5. The van der Waals surface area contributed by atoms with E-state index in [9.17, 15) is 13.2 Å². The van der Waals surface area contributed by atoms with Crippen LogP contribution in [0.1, 0.15) is 33.4 Å². The van der Waals surface area contributed by atoms with E-state index in [1.54, 1.807) is 0 Å². The third kappa shape index (κ3) is 3.44. The van der Waals surface area contributed by atoms with E-state index in [-0.39, 0.29) is 0 Å². The van der Waals surface area contributed by atoms with Crippen molar-refractivity contribution in [1.82, 2.24) is 4.98 Å². The molecule has 0 aliphatic carbocycles. The Labute approximate surface area is 145 Å². The monoisotopic (exact) mass is 349 g/mol. The molecule has 1 aliphatic rings. The van der Waals surface area contributed by atoms with Crippen LogP contribution in [0.5, 0.6) is 0 Å². The van der Waals surface area contributed by atoms with Gasteiger partial charge in [-0.3, -0.25) is 4.98 Å². The number of hydrogen-bond donors (Lipinski definition) is 0. The standard InChI is InChI=1S/C18H19BF3NO2/c1-16(2)17(3,4)25-19(24-16)14-8-5-12(6-9-14)13-7-10-15(23-11-13)18(20,21)22/h5-11H,1-4H3. The molecule has 0 radical (unpaired) electrons. The predicted octanol–water partition coefficient (Wildman–Crippen LogP) is 4.07. The number of halogens is 3. The molecule has 0 bridgehead atoms. The maximum absolute atomic E-state index is 12.6. The van der Waals surface area contributed by atoms with Crippen LogP contribution in [0.4, 0.5) is 13.2 Å². The molecule has 0 N–H and O–H groups in total. The fourth-order valence-corrected chi connectivity index (χ4v) is 2.54. The van der Waals surface area contributed by atoms with Crippen LogP contribution in [0.25, 0.3) is 11.1 Å². The second kappa shape index (κ2) is 5.85. The Kier molecular flexibility index (Phi) is 4.20. The maximum Gasteiger partial charge on any atom is 0.494 e. The van der Waals surface area contributed by atoms with Crippen LogP contribution >= 0.6 is 0 Å². The van der Waals surface area contributed by atoms with Gasteiger partial charge in [0.2, 0.25) is 0 Å². The van der Waals surface area contributed by atoms with Gasteiger partial charge in [0.25, 0.3) is 0 Å². The first-order valence-corrected chi connectivity index (χ1v) is 7.99. The van der Waals surface area contributed by atoms with Crippen molar-refractivity contribution in [2.24, 2.45) is 0 Å². The van der Waals surface area contributed by atoms with Crippen LogP contribution in [0.15, 0.2) is 42.6 Å². The highest BCUT2D eigenvalue weighted by atomic mass is 19.4. The summed E-state index contributed by atoms with van der Waals surface area (Å²) in [7, 11) is -0.468. The summed E-state index contributed by atoms with van der Waals surface area (Å²) in [5.41, 5.74) is 0.517. The molecule has 1 fully saturated rings. The summed E-state index contributed by atoms with van der Waals surface area (Å²) < 4.78 is 49.7. The summed E-state index contributed by atoms with van der Waals surface area (Å²) in [6, 6.07) is 9.76. The van der Waals surface area contributed by atoms with Crippen LogP contribution in [0.3, 0.4) is 0 Å². The number of aromatic nitrogens is 1. The lowest BCUT2D eigenvalue weighted by atomic mass is 9.78. The molecule has 0 spiro atoms. The molecule has 0 unspecified atom stereocenters. The number of nitrogens with zero attached hydrogens (tertiary/aromatic N) is 1. The molecule has 1 saturated heterocycles. The van der Waals surface area contributed by atoms with Gasteiger partial charge >= 0.3 is 13.3 Å². The summed E-state index contributed by atoms with van der Waals surface area (Å²) in [5.74, 6) is 0. The molecule has 1 aromatic carbocycles. The molecule has 3 rings (SSSR count). The third-order valence-electron chi connectivity index (χ3n) is 4.82. The van der Waals surface area contributed by atoms with Crippen LogP contribution in [-0.2, 0) is 15.5 Å². The normalized spacial score (nSPS) is 19.2. The van der Waals surface area contributed by atoms with E-state index in [4.69, 9.17) is 9.31 Å². The zero-order chi connectivity index (χ0) is 18.5. The zero-order valence-electron chi connectivity index (χ0n) is 14.5. The molecule has 1 aliphatic heterocycles. The highest BCUT2D eigenvalue weighted by molar-refractivity contribution is 6.62. The molecular weight excluding hydrogens is 330 g/mol. The number of pyridine rings is 1. The molecule has 25 heavy (non-hydrogen) atoms. The molecule has 7 heteroatoms. The molecule has 0 saturated carbocycles. The average Bonchev–Trinajstić information content (AvgIpc) is 2.75. The Morgan fingerprint density at radius 3 is 1.80 bits per heavy atom. The van der Waals surface area contributed by atoms with Gasteiger partial charge in [0.05, 0.1) is 11.2 Å². The Morgan fingerprint density at radius 1 is 0.840 bits per heavy atom. The van der Waals surface area contributed by atoms with Crippen molar-refractivity contribution in [3.8, 4) is 11.1 Å². The Balaban J connectivity index is 1.79. The van der Waals surface area contributed by atoms with Crippen LogP contribution in [0, 0.1) is 0 Å². The van der Waals surface area contributed by atoms with Crippen molar-refractivity contribution in [3.05, 3.63) is 48.3 Å². The van der Waals surface area contributed by atoms with Crippen molar-refractivity contribution < 1.29 is 22.5 Å². The fourth-order valence-electron chi connectivity index (χ4n) is 2.54. The Hall–Kier alpha value is -1.86. The van der Waals surface area contributed by atoms with E-state index in [2.05, 4.69) is 4.98 Å². The largest absolute Gasteiger partial charge is 0.494 e. The average molecular weight is 349 g/mol. The van der Waals surface area contributed by atoms with Crippen LogP contribution in [-0.4, -0.2) is 23.3 Å². The first kappa shape index (κ1) is 18.0. The lowest BCUT2D eigenvalue weighted by molar-refractivity contribution is -0.141. The molecule has 132 valence electrons. The van der Waals surface area contributed by atoms with Gasteiger partial charge < -0.3 is 9.31 Å². The minimum Gasteiger partial charge on any atom is -0.399 e. The number of hydrogen-bond acceptors (Lipinski definition) is 3. The minimum atomic E-state index is -4.43. The SMILES string of the molecule is CC1(C)OB(c2ccc(-c3ccc(C(F)(F)F)nc3)cc2)OC1(C)C. The quantitative estimate of drug-likeness (QED) is 0.766. The topological polar surface area (TPSA) is 31.4 Å². The molecule has 2 aromatic rings. The van der Waals surface area contributed by atoms with E-state index in [1.165, 1.54) is 12.3 Å². The van der Waals surface area contributed by atoms with Crippen molar-refractivity contribution in [2.75, 3.05) is 0 Å². The van der Waals surface area contributed by atoms with Crippen molar-refractivity contribution in [1.29, 1.82) is 0 Å². The summed E-state index contributed by atoms with van der Waals surface area (Å²) in [5, 5.41) is 0. The van der Waals surface area contributed by atoms with Gasteiger partial charge in [0, 0.05) is 11.8 Å². The number of rotatable bonds is 2. The first-order valence-electron chi connectivity index (χ1n) is 7.99. The molecule has 1 aromatic heterocycles. The second-order valence-electron chi connectivity index (χ2n) is 7.14. The van der Waals surface area contributed by atoms with Gasteiger partial charge in [-0.1, -0.05) is 30.3 Å². The summed E-state index contributed by atoms with van der Waals surface area (Å²) >= 11 is 0. The van der Waals surface area contributed by atoms with E-state index >= 15 is 0 Å². The van der Waals surface area contributed by atoms with Gasteiger partial charge in [-0.25, -0.2) is 0 Å². The van der Waals surface area contributed by atoms with Crippen molar-refractivity contribution in [3.63, 3.8) is 0 Å². The maximum atomic E-state index is 12.6. The molecule has 0 atom stereocenters. The summed E-state index contributed by atoms with van der Waals surface area (Å²) in [4.78, 5) is 3.49. The van der Waals surface area contributed by atoms with E-state index in [0.717, 1.165) is 17.1 Å². The van der Waals surface area contributed by atoms with Gasteiger partial charge in [-0.2, -0.15) is 13.2 Å². The van der Waals surface area contributed by atoms with E-state index in [1.807, 2.05) is 52.0 Å². The Bertz CT molecular complexity index is 739. The second-order valence-corrected chi connectivity index (χ2v) is 7.14. The molecule has 0 amide bonds. The lowest BCUT2D eigenvalue weighted by Gasteiger charge is -2.32. The number of benzene rings is 1.